The van der Waals surface area contributed by atoms with Gasteiger partial charge in [-0.3, -0.25) is 14.7 Å². The summed E-state index contributed by atoms with van der Waals surface area (Å²) in [5.74, 6) is -3.12. The summed E-state index contributed by atoms with van der Waals surface area (Å²) in [5, 5.41) is 13.8. The molecule has 1 atom stereocenters. The van der Waals surface area contributed by atoms with Crippen molar-refractivity contribution >= 4 is 33.4 Å². The molecular formula is C36H34F4N6O3. The third kappa shape index (κ3) is 5.99. The van der Waals surface area contributed by atoms with E-state index >= 15 is 4.39 Å². The van der Waals surface area contributed by atoms with E-state index in [0.29, 0.717) is 5.39 Å². The summed E-state index contributed by atoms with van der Waals surface area (Å²) in [7, 11) is 0. The number of hydrogen-bond donors (Lipinski definition) is 2. The van der Waals surface area contributed by atoms with Crippen LogP contribution in [0.3, 0.4) is 0 Å². The van der Waals surface area contributed by atoms with Crippen molar-refractivity contribution in [2.24, 2.45) is 0 Å². The number of aromatic hydroxyl groups is 1. The number of ether oxygens (including phenoxy) is 1. The van der Waals surface area contributed by atoms with E-state index in [1.165, 1.54) is 30.5 Å². The number of carbonyl (C=O) groups excluding carboxylic acids is 1. The molecule has 3 aliphatic heterocycles. The first kappa shape index (κ1) is 32.6. The number of halogens is 4. The van der Waals surface area contributed by atoms with Crippen LogP contribution in [0.5, 0.6) is 11.8 Å². The van der Waals surface area contributed by atoms with E-state index in [4.69, 9.17) is 11.2 Å². The predicted molar refractivity (Wildman–Crippen MR) is 177 cm³/mol. The van der Waals surface area contributed by atoms with Crippen molar-refractivity contribution in [3.8, 4) is 35.4 Å². The zero-order chi connectivity index (χ0) is 34.5. The zero-order valence-corrected chi connectivity index (χ0v) is 26.6. The number of anilines is 1. The minimum Gasteiger partial charge on any atom is -0.508 e. The van der Waals surface area contributed by atoms with Gasteiger partial charge in [-0.25, -0.2) is 17.6 Å². The zero-order valence-electron chi connectivity index (χ0n) is 26.6. The van der Waals surface area contributed by atoms with Crippen LogP contribution in [0.15, 0.2) is 43.1 Å². The van der Waals surface area contributed by atoms with Crippen molar-refractivity contribution in [3.63, 3.8) is 0 Å². The first-order chi connectivity index (χ1) is 23.5. The maximum Gasteiger partial charge on any atom is 0.319 e. The molecule has 0 aliphatic carbocycles. The van der Waals surface area contributed by atoms with Crippen LogP contribution in [-0.2, 0) is 4.79 Å². The molecule has 7 rings (SSSR count). The summed E-state index contributed by atoms with van der Waals surface area (Å²) in [6, 6.07) is 4.09. The summed E-state index contributed by atoms with van der Waals surface area (Å²) in [6.45, 7) is 5.36. The second kappa shape index (κ2) is 12.5. The van der Waals surface area contributed by atoms with Crippen LogP contribution < -0.4 is 15.0 Å². The van der Waals surface area contributed by atoms with Crippen molar-refractivity contribution in [1.82, 2.24) is 25.2 Å². The number of carbonyl (C=O) groups is 1. The monoisotopic (exact) mass is 674 g/mol. The number of nitrogens with one attached hydrogen (secondary N) is 1. The number of benzene rings is 2. The van der Waals surface area contributed by atoms with Crippen LogP contribution in [0.25, 0.3) is 32.9 Å². The molecule has 1 amide bonds. The summed E-state index contributed by atoms with van der Waals surface area (Å²) >= 11 is 0. The Balaban J connectivity index is 1.38. The Kier molecular flexibility index (Phi) is 8.30. The van der Waals surface area contributed by atoms with Gasteiger partial charge in [-0.05, 0) is 68.4 Å². The molecule has 13 heteroatoms. The largest absolute Gasteiger partial charge is 0.508 e. The van der Waals surface area contributed by atoms with Crippen molar-refractivity contribution in [2.45, 2.75) is 56.0 Å². The first-order valence-electron chi connectivity index (χ1n) is 16.2. The van der Waals surface area contributed by atoms with Gasteiger partial charge in [-0.2, -0.15) is 9.97 Å². The molecule has 0 unspecified atom stereocenters. The molecule has 0 radical (unpaired) electrons. The minimum absolute atomic E-state index is 0.0394. The van der Waals surface area contributed by atoms with Gasteiger partial charge in [-0.15, -0.1) is 6.42 Å². The second-order valence-electron chi connectivity index (χ2n) is 13.0. The standard InChI is InChI=1S/C36H34F4N6O3/c1-3-24-27(37)8-7-21-15-23(47)16-25(29(21)24)31-30(38)32-26(18-41-31)33(45-14-11-36(39,40)17-22(19-45)42-28(48)4-2)44-34(43-32)49-20-35-9-5-12-46(35)13-6-10-35/h1,4,7-8,15-16,18,22,47H,2,5-6,9-14,17,19-20H2,(H,42,48)/t22-/m0/s1. The lowest BCUT2D eigenvalue weighted by atomic mass is 9.95. The van der Waals surface area contributed by atoms with Crippen LogP contribution in [0.4, 0.5) is 23.4 Å². The summed E-state index contributed by atoms with van der Waals surface area (Å²) in [4.78, 5) is 29.6. The SMILES string of the molecule is C#Cc1c(F)ccc2cc(O)cc(-c3ncc4c(N5CCC(F)(F)C[C@H](NC(=O)C=C)C5)nc(OCC56CCCN5CCC6)nc4c3F)c12. The number of terminal acetylenes is 1. The second-order valence-corrected chi connectivity index (χ2v) is 13.0. The van der Waals surface area contributed by atoms with Gasteiger partial charge in [0.05, 0.1) is 22.5 Å². The number of pyridine rings is 1. The van der Waals surface area contributed by atoms with Crippen LogP contribution in [0, 0.1) is 24.0 Å². The molecule has 9 nitrogen and oxygen atoms in total. The van der Waals surface area contributed by atoms with E-state index in [1.807, 2.05) is 0 Å². The Hall–Kier alpha value is -4.96. The Bertz CT molecular complexity index is 2020. The maximum atomic E-state index is 16.9. The number of rotatable bonds is 7. The molecule has 0 saturated carbocycles. The number of fused-ring (bicyclic) bond motifs is 3. The quantitative estimate of drug-likeness (QED) is 0.146. The highest BCUT2D eigenvalue weighted by atomic mass is 19.3. The van der Waals surface area contributed by atoms with Gasteiger partial charge < -0.3 is 20.1 Å². The molecule has 49 heavy (non-hydrogen) atoms. The van der Waals surface area contributed by atoms with Gasteiger partial charge in [0.15, 0.2) is 5.82 Å². The van der Waals surface area contributed by atoms with Gasteiger partial charge in [0.25, 0.3) is 5.92 Å². The molecule has 0 spiro atoms. The molecule has 3 saturated heterocycles. The molecule has 3 aliphatic rings. The molecule has 2 aromatic heterocycles. The molecule has 2 N–H and O–H groups in total. The molecular weight excluding hydrogens is 640 g/mol. The predicted octanol–water partition coefficient (Wildman–Crippen LogP) is 5.72. The van der Waals surface area contributed by atoms with E-state index in [9.17, 15) is 23.1 Å². The fraction of sp³-hybridized carbons (Fsp3) is 0.389. The fourth-order valence-electron chi connectivity index (χ4n) is 7.66. The van der Waals surface area contributed by atoms with Gasteiger partial charge in [-0.1, -0.05) is 18.6 Å². The summed E-state index contributed by atoms with van der Waals surface area (Å²) < 4.78 is 67.8. The number of amides is 1. The number of alkyl halides is 2. The van der Waals surface area contributed by atoms with Crippen LogP contribution in [0.1, 0.15) is 44.1 Å². The molecule has 3 fully saturated rings. The van der Waals surface area contributed by atoms with E-state index in [1.54, 1.807) is 4.90 Å². The number of aromatic nitrogens is 3. The van der Waals surface area contributed by atoms with Gasteiger partial charge in [0.2, 0.25) is 5.91 Å². The van der Waals surface area contributed by atoms with Crippen LogP contribution in [-0.4, -0.2) is 81.2 Å². The van der Waals surface area contributed by atoms with E-state index in [0.717, 1.165) is 44.8 Å². The van der Waals surface area contributed by atoms with Crippen molar-refractivity contribution < 1.29 is 32.2 Å². The number of hydrogen-bond acceptors (Lipinski definition) is 8. The topological polar surface area (TPSA) is 104 Å². The van der Waals surface area contributed by atoms with Crippen molar-refractivity contribution in [3.05, 3.63) is 60.3 Å². The van der Waals surface area contributed by atoms with Crippen LogP contribution >= 0.6 is 0 Å². The van der Waals surface area contributed by atoms with Gasteiger partial charge >= 0.3 is 6.01 Å². The smallest absolute Gasteiger partial charge is 0.319 e. The van der Waals surface area contributed by atoms with E-state index < -0.39 is 42.3 Å². The Morgan fingerprint density at radius 2 is 1.94 bits per heavy atom. The van der Waals surface area contributed by atoms with Crippen molar-refractivity contribution in [1.29, 1.82) is 0 Å². The minimum atomic E-state index is -3.10. The lowest BCUT2D eigenvalue weighted by molar-refractivity contribution is -0.117. The Labute approximate surface area is 280 Å². The van der Waals surface area contributed by atoms with Crippen molar-refractivity contribution in [2.75, 3.05) is 37.7 Å². The first-order valence-corrected chi connectivity index (χ1v) is 16.2. The molecule has 0 bridgehead atoms. The maximum absolute atomic E-state index is 16.9. The highest BCUT2D eigenvalue weighted by molar-refractivity contribution is 6.03. The Morgan fingerprint density at radius 3 is 2.67 bits per heavy atom. The third-order valence-electron chi connectivity index (χ3n) is 9.94. The molecule has 4 aromatic rings. The molecule has 2 aromatic carbocycles. The normalized spacial score (nSPS) is 20.1. The molecule has 254 valence electrons. The average Bonchev–Trinajstić information content (AvgIpc) is 3.61. The fourth-order valence-corrected chi connectivity index (χ4v) is 7.66. The van der Waals surface area contributed by atoms with Gasteiger partial charge in [0.1, 0.15) is 35.2 Å². The Morgan fingerprint density at radius 1 is 1.16 bits per heavy atom. The highest BCUT2D eigenvalue weighted by Gasteiger charge is 2.45. The molecule has 5 heterocycles. The number of phenolic OH excluding ortho intramolecular Hbond substituents is 1. The van der Waals surface area contributed by atoms with E-state index in [2.05, 4.69) is 37.7 Å². The summed E-state index contributed by atoms with van der Waals surface area (Å²) in [6.07, 6.45) is 10.7. The number of phenols is 1. The lowest BCUT2D eigenvalue weighted by Gasteiger charge is -2.31. The van der Waals surface area contributed by atoms with E-state index in [-0.39, 0.29) is 75.9 Å². The number of nitrogens with zero attached hydrogens (tertiary/aromatic N) is 5. The third-order valence-corrected chi connectivity index (χ3v) is 9.94. The lowest BCUT2D eigenvalue weighted by Crippen LogP contribution is -2.44. The summed E-state index contributed by atoms with van der Waals surface area (Å²) in [5.41, 5.74) is -0.758. The van der Waals surface area contributed by atoms with Crippen LogP contribution in [0.2, 0.25) is 0 Å². The average molecular weight is 675 g/mol. The highest BCUT2D eigenvalue weighted by Crippen LogP contribution is 2.41. The van der Waals surface area contributed by atoms with Gasteiger partial charge in [0, 0.05) is 43.1 Å².